The number of nitrogens with zero attached hydrogens (tertiary/aromatic N) is 3. The normalized spacial score (nSPS) is 23.8. The van der Waals surface area contributed by atoms with Crippen LogP contribution in [0.15, 0.2) is 12.1 Å². The molecule has 2 aromatic heterocycles. The molecule has 1 saturated heterocycles. The molecule has 7 nitrogen and oxygen atoms in total. The Hall–Kier alpha value is -1.99. The van der Waals surface area contributed by atoms with Crippen LogP contribution in [0.2, 0.25) is 0 Å². The first-order valence-corrected chi connectivity index (χ1v) is 8.94. The Kier molecular flexibility index (Phi) is 4.43. The van der Waals surface area contributed by atoms with Gasteiger partial charge in [0.05, 0.1) is 24.4 Å². The quantitative estimate of drug-likeness (QED) is 0.892. The van der Waals surface area contributed by atoms with Crippen molar-refractivity contribution < 1.29 is 14.3 Å². The van der Waals surface area contributed by atoms with Crippen LogP contribution < -0.4 is 5.32 Å². The Morgan fingerprint density at radius 3 is 3.00 bits per heavy atom. The van der Waals surface area contributed by atoms with Crippen molar-refractivity contribution in [1.29, 1.82) is 0 Å². The lowest BCUT2D eigenvalue weighted by molar-refractivity contribution is -0.0567. The predicted octanol–water partition coefficient (Wildman–Crippen LogP) is 1.66. The van der Waals surface area contributed by atoms with E-state index in [1.807, 2.05) is 19.9 Å². The molecule has 3 heterocycles. The zero-order chi connectivity index (χ0) is 17.4. The van der Waals surface area contributed by atoms with Gasteiger partial charge in [0.1, 0.15) is 5.69 Å². The summed E-state index contributed by atoms with van der Waals surface area (Å²) in [4.78, 5) is 17.1. The van der Waals surface area contributed by atoms with Gasteiger partial charge >= 0.3 is 0 Å². The van der Waals surface area contributed by atoms with Crippen molar-refractivity contribution in [3.63, 3.8) is 0 Å². The summed E-state index contributed by atoms with van der Waals surface area (Å²) in [5, 5.41) is 7.42. The van der Waals surface area contributed by atoms with E-state index in [1.54, 1.807) is 10.6 Å². The molecule has 0 bridgehead atoms. The van der Waals surface area contributed by atoms with Gasteiger partial charge in [-0.15, -0.1) is 0 Å². The Morgan fingerprint density at radius 1 is 1.36 bits per heavy atom. The number of hydrogen-bond donors (Lipinski definition) is 1. The highest BCUT2D eigenvalue weighted by atomic mass is 16.5. The van der Waals surface area contributed by atoms with Crippen LogP contribution in [0.25, 0.3) is 5.65 Å². The number of aryl methyl sites for hydroxylation is 2. The van der Waals surface area contributed by atoms with Crippen LogP contribution in [-0.4, -0.2) is 52.5 Å². The molecule has 7 heteroatoms. The van der Waals surface area contributed by atoms with Gasteiger partial charge < -0.3 is 14.8 Å². The van der Waals surface area contributed by atoms with Crippen LogP contribution >= 0.6 is 0 Å². The van der Waals surface area contributed by atoms with E-state index in [-0.39, 0.29) is 18.1 Å². The summed E-state index contributed by atoms with van der Waals surface area (Å²) in [5.41, 5.74) is 2.84. The Balaban J connectivity index is 1.47. The van der Waals surface area contributed by atoms with Crippen LogP contribution in [0, 0.1) is 19.8 Å². The zero-order valence-electron chi connectivity index (χ0n) is 14.7. The van der Waals surface area contributed by atoms with Crippen molar-refractivity contribution in [2.75, 3.05) is 19.8 Å². The Morgan fingerprint density at radius 2 is 2.20 bits per heavy atom. The van der Waals surface area contributed by atoms with Crippen LogP contribution in [0.1, 0.15) is 41.1 Å². The minimum atomic E-state index is -0.194. The molecule has 2 fully saturated rings. The van der Waals surface area contributed by atoms with Crippen LogP contribution in [0.3, 0.4) is 0 Å². The molecule has 2 aromatic rings. The van der Waals surface area contributed by atoms with E-state index in [9.17, 15) is 4.79 Å². The van der Waals surface area contributed by atoms with E-state index in [4.69, 9.17) is 9.47 Å². The number of carbonyl (C=O) groups excluding carboxylic acids is 1. The molecule has 0 unspecified atom stereocenters. The predicted molar refractivity (Wildman–Crippen MR) is 91.6 cm³/mol. The summed E-state index contributed by atoms with van der Waals surface area (Å²) in [7, 11) is 0. The van der Waals surface area contributed by atoms with Gasteiger partial charge in [0.25, 0.3) is 5.91 Å². The first-order chi connectivity index (χ1) is 12.1. The molecule has 0 radical (unpaired) electrons. The molecule has 1 saturated carbocycles. The highest BCUT2D eigenvalue weighted by Gasteiger charge is 2.31. The topological polar surface area (TPSA) is 77.8 Å². The lowest BCUT2D eigenvalue weighted by Crippen LogP contribution is -2.50. The Labute approximate surface area is 146 Å². The van der Waals surface area contributed by atoms with Crippen molar-refractivity contribution in [1.82, 2.24) is 19.9 Å². The maximum absolute atomic E-state index is 12.7. The van der Waals surface area contributed by atoms with Gasteiger partial charge in [-0.1, -0.05) is 0 Å². The van der Waals surface area contributed by atoms with Crippen molar-refractivity contribution in [3.8, 4) is 0 Å². The van der Waals surface area contributed by atoms with Crippen molar-refractivity contribution in [2.45, 2.75) is 45.3 Å². The number of aromatic nitrogens is 3. The Bertz CT molecular complexity index is 784. The van der Waals surface area contributed by atoms with Crippen molar-refractivity contribution in [3.05, 3.63) is 29.2 Å². The molecule has 0 aromatic carbocycles. The highest BCUT2D eigenvalue weighted by molar-refractivity contribution is 5.93. The molecule has 1 aliphatic carbocycles. The summed E-state index contributed by atoms with van der Waals surface area (Å²) in [6.07, 6.45) is 3.34. The molecule has 1 amide bonds. The number of ether oxygens (including phenoxy) is 2. The third kappa shape index (κ3) is 3.67. The first kappa shape index (κ1) is 16.5. The lowest BCUT2D eigenvalue weighted by atomic mass is 10.1. The third-order valence-electron chi connectivity index (χ3n) is 4.81. The molecule has 134 valence electrons. The minimum absolute atomic E-state index is 0.0142. The summed E-state index contributed by atoms with van der Waals surface area (Å²) in [6, 6.07) is 3.50. The summed E-state index contributed by atoms with van der Waals surface area (Å²) in [5.74, 6) is 0.510. The summed E-state index contributed by atoms with van der Waals surface area (Å²) < 4.78 is 13.3. The molecular formula is C18H24N4O3. The molecule has 2 atom stereocenters. The molecule has 2 aliphatic rings. The second-order valence-electron chi connectivity index (χ2n) is 7.10. The first-order valence-electron chi connectivity index (χ1n) is 8.94. The lowest BCUT2D eigenvalue weighted by Gasteiger charge is -2.32. The molecular weight excluding hydrogens is 320 g/mol. The number of nitrogens with one attached hydrogen (secondary N) is 1. The molecule has 1 aliphatic heterocycles. The largest absolute Gasteiger partial charge is 0.379 e. The van der Waals surface area contributed by atoms with Crippen LogP contribution in [-0.2, 0) is 9.47 Å². The fourth-order valence-electron chi connectivity index (χ4n) is 3.19. The molecule has 1 N–H and O–H groups in total. The fourth-order valence-corrected chi connectivity index (χ4v) is 3.19. The monoisotopic (exact) mass is 344 g/mol. The van der Waals surface area contributed by atoms with E-state index in [1.165, 1.54) is 12.8 Å². The average Bonchev–Trinajstić information content (AvgIpc) is 3.34. The zero-order valence-corrected chi connectivity index (χ0v) is 14.7. The number of fused-ring (bicyclic) bond motifs is 1. The van der Waals surface area contributed by atoms with E-state index in [2.05, 4.69) is 15.4 Å². The van der Waals surface area contributed by atoms with Gasteiger partial charge in [-0.25, -0.2) is 9.50 Å². The van der Waals surface area contributed by atoms with Crippen molar-refractivity contribution >= 4 is 11.6 Å². The number of hydrogen-bond acceptors (Lipinski definition) is 5. The highest BCUT2D eigenvalue weighted by Crippen LogP contribution is 2.30. The van der Waals surface area contributed by atoms with E-state index >= 15 is 0 Å². The maximum atomic E-state index is 12.7. The maximum Gasteiger partial charge on any atom is 0.270 e. The van der Waals surface area contributed by atoms with E-state index in [0.29, 0.717) is 30.5 Å². The van der Waals surface area contributed by atoms with Crippen LogP contribution in [0.5, 0.6) is 0 Å². The molecule has 0 spiro atoms. The molecule has 4 rings (SSSR count). The molecule has 25 heavy (non-hydrogen) atoms. The average molecular weight is 344 g/mol. The van der Waals surface area contributed by atoms with Gasteiger partial charge in [-0.2, -0.15) is 5.10 Å². The van der Waals surface area contributed by atoms with Gasteiger partial charge in [0.15, 0.2) is 5.65 Å². The van der Waals surface area contributed by atoms with Crippen LogP contribution in [0.4, 0.5) is 0 Å². The number of carbonyl (C=O) groups is 1. The second kappa shape index (κ2) is 6.72. The third-order valence-corrected chi connectivity index (χ3v) is 4.81. The minimum Gasteiger partial charge on any atom is -0.379 e. The summed E-state index contributed by atoms with van der Waals surface area (Å²) >= 11 is 0. The van der Waals surface area contributed by atoms with E-state index in [0.717, 1.165) is 24.4 Å². The smallest absolute Gasteiger partial charge is 0.270 e. The number of rotatable bonds is 5. The van der Waals surface area contributed by atoms with Gasteiger partial charge in [0, 0.05) is 25.0 Å². The van der Waals surface area contributed by atoms with Gasteiger partial charge in [-0.05, 0) is 45.1 Å². The van der Waals surface area contributed by atoms with Gasteiger partial charge in [0.2, 0.25) is 0 Å². The summed E-state index contributed by atoms with van der Waals surface area (Å²) in [6.45, 7) is 5.78. The van der Waals surface area contributed by atoms with Crippen molar-refractivity contribution in [2.24, 2.45) is 5.92 Å². The van der Waals surface area contributed by atoms with E-state index < -0.39 is 0 Å². The SMILES string of the molecule is Cc1cc2nc(C(=O)N[C@@H]3COCC[C@@H]3OCC3CC3)cc(C)n2n1. The fraction of sp³-hybridized carbons (Fsp3) is 0.611. The van der Waals surface area contributed by atoms with Gasteiger partial charge in [-0.3, -0.25) is 4.79 Å². The standard InChI is InChI=1S/C18H24N4O3/c1-11-7-17-19-14(8-12(2)22(17)21-11)18(23)20-15-10-24-6-5-16(15)25-9-13-3-4-13/h7-8,13,15-16H,3-6,9-10H2,1-2H3,(H,20,23)/t15-,16+/m1/s1. The second-order valence-corrected chi connectivity index (χ2v) is 7.10. The number of amides is 1.